The van der Waals surface area contributed by atoms with Gasteiger partial charge in [-0.2, -0.15) is 0 Å². The van der Waals surface area contributed by atoms with Crippen LogP contribution in [0.3, 0.4) is 0 Å². The molecule has 1 aliphatic heterocycles. The van der Waals surface area contributed by atoms with E-state index in [4.69, 9.17) is 9.47 Å². The monoisotopic (exact) mass is 229 g/mol. The Morgan fingerprint density at radius 1 is 1.38 bits per heavy atom. The van der Waals surface area contributed by atoms with E-state index >= 15 is 0 Å². The molecule has 94 valence electrons. The van der Waals surface area contributed by atoms with Gasteiger partial charge in [0, 0.05) is 19.0 Å². The molecule has 1 rings (SSSR count). The fraction of sp³-hybridized carbons (Fsp3) is 0.917. The van der Waals surface area contributed by atoms with Crippen molar-refractivity contribution in [1.82, 2.24) is 4.90 Å². The quantitative estimate of drug-likeness (QED) is 0.519. The number of hydrogen-bond acceptors (Lipinski definition) is 3. The second-order valence-corrected chi connectivity index (χ2v) is 4.56. The van der Waals surface area contributed by atoms with Gasteiger partial charge < -0.3 is 14.4 Å². The fourth-order valence-corrected chi connectivity index (χ4v) is 1.38. The maximum atomic E-state index is 11.6. The average Bonchev–Trinajstić information content (AvgIpc) is 2.13. The van der Waals surface area contributed by atoms with E-state index in [0.29, 0.717) is 6.61 Å². The van der Waals surface area contributed by atoms with Crippen molar-refractivity contribution in [3.63, 3.8) is 0 Å². The summed E-state index contributed by atoms with van der Waals surface area (Å²) in [7, 11) is 0. The highest BCUT2D eigenvalue weighted by Crippen LogP contribution is 2.14. The Labute approximate surface area is 97.9 Å². The fourth-order valence-electron chi connectivity index (χ4n) is 1.38. The van der Waals surface area contributed by atoms with Crippen LogP contribution in [0.15, 0.2) is 0 Å². The summed E-state index contributed by atoms with van der Waals surface area (Å²) in [6, 6.07) is 0. The number of nitrogens with zero attached hydrogens (tertiary/aromatic N) is 1. The van der Waals surface area contributed by atoms with Crippen LogP contribution in [0.5, 0.6) is 0 Å². The van der Waals surface area contributed by atoms with Crippen molar-refractivity contribution in [2.45, 2.75) is 46.3 Å². The summed E-state index contributed by atoms with van der Waals surface area (Å²) in [6.07, 6.45) is 2.54. The van der Waals surface area contributed by atoms with Gasteiger partial charge in [0.25, 0.3) is 0 Å². The Kier molecular flexibility index (Phi) is 5.60. The van der Waals surface area contributed by atoms with Crippen LogP contribution in [-0.4, -0.2) is 37.0 Å². The average molecular weight is 229 g/mol. The van der Waals surface area contributed by atoms with Crippen molar-refractivity contribution < 1.29 is 14.3 Å². The first-order valence-electron chi connectivity index (χ1n) is 6.22. The number of likely N-dealkylation sites (tertiary alicyclic amines) is 1. The zero-order valence-corrected chi connectivity index (χ0v) is 10.6. The van der Waals surface area contributed by atoms with Crippen LogP contribution in [0.25, 0.3) is 0 Å². The van der Waals surface area contributed by atoms with E-state index in [9.17, 15) is 4.79 Å². The molecule has 4 nitrogen and oxygen atoms in total. The van der Waals surface area contributed by atoms with Gasteiger partial charge in [-0.05, 0) is 12.8 Å². The molecule has 0 bridgehead atoms. The maximum Gasteiger partial charge on any atom is 0.412 e. The minimum Gasteiger partial charge on any atom is -0.419 e. The predicted molar refractivity (Wildman–Crippen MR) is 62.2 cm³/mol. The van der Waals surface area contributed by atoms with Gasteiger partial charge in [-0.3, -0.25) is 0 Å². The Morgan fingerprint density at radius 3 is 2.50 bits per heavy atom. The lowest BCUT2D eigenvalue weighted by molar-refractivity contribution is -0.138. The first-order valence-corrected chi connectivity index (χ1v) is 6.22. The zero-order valence-electron chi connectivity index (χ0n) is 10.6. The molecule has 1 unspecified atom stereocenters. The molecule has 16 heavy (non-hydrogen) atoms. The molecule has 1 fully saturated rings. The standard InChI is InChI=1S/C12H23NO3/c1-4-5-9-15-11(10(2)3)16-12(14)13-7-6-8-13/h10-11H,4-9H2,1-3H3. The molecular weight excluding hydrogens is 206 g/mol. The molecule has 0 radical (unpaired) electrons. The second kappa shape index (κ2) is 6.74. The molecule has 0 spiro atoms. The van der Waals surface area contributed by atoms with Crippen molar-refractivity contribution >= 4 is 6.09 Å². The third-order valence-corrected chi connectivity index (χ3v) is 2.66. The van der Waals surface area contributed by atoms with Gasteiger partial charge in [0.2, 0.25) is 6.29 Å². The number of unbranched alkanes of at least 4 members (excludes halogenated alkanes) is 1. The molecule has 1 aliphatic rings. The summed E-state index contributed by atoms with van der Waals surface area (Å²) in [6.45, 7) is 8.41. The highest BCUT2D eigenvalue weighted by molar-refractivity contribution is 5.68. The summed E-state index contributed by atoms with van der Waals surface area (Å²) in [5, 5.41) is 0. The summed E-state index contributed by atoms with van der Waals surface area (Å²) < 4.78 is 10.9. The normalized spacial score (nSPS) is 17.1. The van der Waals surface area contributed by atoms with Gasteiger partial charge in [-0.1, -0.05) is 27.2 Å². The van der Waals surface area contributed by atoms with Crippen molar-refractivity contribution in [3.8, 4) is 0 Å². The van der Waals surface area contributed by atoms with E-state index in [-0.39, 0.29) is 12.0 Å². The molecule has 0 N–H and O–H groups in total. The van der Waals surface area contributed by atoms with Crippen LogP contribution in [0.1, 0.15) is 40.0 Å². The van der Waals surface area contributed by atoms with Crippen LogP contribution >= 0.6 is 0 Å². The lowest BCUT2D eigenvalue weighted by atomic mass is 10.2. The van der Waals surface area contributed by atoms with Gasteiger partial charge in [-0.25, -0.2) is 4.79 Å². The Balaban J connectivity index is 2.28. The molecule has 0 aromatic heterocycles. The molecule has 0 saturated carbocycles. The molecule has 1 amide bonds. The summed E-state index contributed by atoms with van der Waals surface area (Å²) >= 11 is 0. The van der Waals surface area contributed by atoms with Gasteiger partial charge in [0.05, 0.1) is 6.61 Å². The largest absolute Gasteiger partial charge is 0.419 e. The number of amides is 1. The van der Waals surface area contributed by atoms with E-state index < -0.39 is 6.29 Å². The van der Waals surface area contributed by atoms with Crippen molar-refractivity contribution in [2.24, 2.45) is 5.92 Å². The lowest BCUT2D eigenvalue weighted by Crippen LogP contribution is -2.44. The van der Waals surface area contributed by atoms with Crippen LogP contribution in [-0.2, 0) is 9.47 Å². The van der Waals surface area contributed by atoms with Crippen molar-refractivity contribution in [1.29, 1.82) is 0 Å². The number of ether oxygens (including phenoxy) is 2. The van der Waals surface area contributed by atoms with Gasteiger partial charge in [0.15, 0.2) is 0 Å². The minimum atomic E-state index is -0.403. The Bertz CT molecular complexity index is 214. The first kappa shape index (κ1) is 13.3. The third kappa shape index (κ3) is 4.00. The minimum absolute atomic E-state index is 0.196. The first-order chi connectivity index (χ1) is 7.65. The second-order valence-electron chi connectivity index (χ2n) is 4.56. The molecule has 1 saturated heterocycles. The summed E-state index contributed by atoms with van der Waals surface area (Å²) in [5.74, 6) is 0.196. The highest BCUT2D eigenvalue weighted by Gasteiger charge is 2.26. The zero-order chi connectivity index (χ0) is 12.0. The van der Waals surface area contributed by atoms with E-state index in [1.165, 1.54) is 0 Å². The van der Waals surface area contributed by atoms with Crippen molar-refractivity contribution in [3.05, 3.63) is 0 Å². The van der Waals surface area contributed by atoms with Gasteiger partial charge >= 0.3 is 6.09 Å². The molecule has 0 aliphatic carbocycles. The Hall–Kier alpha value is -0.770. The number of hydrogen-bond donors (Lipinski definition) is 0. The predicted octanol–water partition coefficient (Wildman–Crippen LogP) is 2.63. The molecule has 0 aromatic carbocycles. The lowest BCUT2D eigenvalue weighted by Gasteiger charge is -2.32. The topological polar surface area (TPSA) is 38.8 Å². The van der Waals surface area contributed by atoms with Gasteiger partial charge in [-0.15, -0.1) is 0 Å². The van der Waals surface area contributed by atoms with E-state index in [1.807, 2.05) is 13.8 Å². The van der Waals surface area contributed by atoms with E-state index in [1.54, 1.807) is 4.90 Å². The number of carbonyl (C=O) groups excluding carboxylic acids is 1. The van der Waals surface area contributed by atoms with Gasteiger partial charge in [0.1, 0.15) is 0 Å². The van der Waals surface area contributed by atoms with Crippen LogP contribution in [0.2, 0.25) is 0 Å². The van der Waals surface area contributed by atoms with Crippen molar-refractivity contribution in [2.75, 3.05) is 19.7 Å². The van der Waals surface area contributed by atoms with E-state index in [2.05, 4.69) is 6.92 Å². The molecule has 0 aromatic rings. The molecule has 4 heteroatoms. The Morgan fingerprint density at radius 2 is 2.06 bits per heavy atom. The number of rotatable bonds is 6. The third-order valence-electron chi connectivity index (χ3n) is 2.66. The van der Waals surface area contributed by atoms with E-state index in [0.717, 1.165) is 32.4 Å². The number of carbonyl (C=O) groups is 1. The van der Waals surface area contributed by atoms with Crippen LogP contribution < -0.4 is 0 Å². The molecular formula is C12H23NO3. The molecule has 1 atom stereocenters. The molecule has 1 heterocycles. The van der Waals surface area contributed by atoms with Crippen LogP contribution in [0.4, 0.5) is 4.79 Å². The smallest absolute Gasteiger partial charge is 0.412 e. The highest BCUT2D eigenvalue weighted by atomic mass is 16.7. The SMILES string of the molecule is CCCCOC(OC(=O)N1CCC1)C(C)C. The van der Waals surface area contributed by atoms with Crippen LogP contribution in [0, 0.1) is 5.92 Å². The summed E-state index contributed by atoms with van der Waals surface area (Å²) in [4.78, 5) is 13.3. The summed E-state index contributed by atoms with van der Waals surface area (Å²) in [5.41, 5.74) is 0. The maximum absolute atomic E-state index is 11.6.